The van der Waals surface area contributed by atoms with Gasteiger partial charge in [-0.3, -0.25) is 9.52 Å². The molecular weight excluding hydrogens is 386 g/mol. The smallest absolute Gasteiger partial charge is 0.409 e. The molecular formula is C18H25N3O6S. The molecule has 0 saturated carbocycles. The number of carbonyl (C=O) groups excluding carboxylic acids is 2. The molecule has 1 unspecified atom stereocenters. The van der Waals surface area contributed by atoms with Crippen molar-refractivity contribution in [2.75, 3.05) is 37.6 Å². The van der Waals surface area contributed by atoms with Crippen LogP contribution in [0.25, 0.3) is 0 Å². The summed E-state index contributed by atoms with van der Waals surface area (Å²) >= 11 is 0. The molecule has 2 saturated heterocycles. The number of nitrogens with one attached hydrogen (secondary N) is 1. The van der Waals surface area contributed by atoms with Crippen LogP contribution in [0.3, 0.4) is 0 Å². The number of ether oxygens (including phenoxy) is 2. The summed E-state index contributed by atoms with van der Waals surface area (Å²) in [6.45, 7) is 4.06. The fourth-order valence-electron chi connectivity index (χ4n) is 3.42. The first-order valence-electron chi connectivity index (χ1n) is 9.29. The largest absolute Gasteiger partial charge is 0.447 e. The van der Waals surface area contributed by atoms with Crippen molar-refractivity contribution in [1.82, 2.24) is 9.80 Å². The van der Waals surface area contributed by atoms with Crippen LogP contribution in [0, 0.1) is 0 Å². The molecule has 1 aromatic rings. The number of amides is 2. The minimum atomic E-state index is -2.74. The van der Waals surface area contributed by atoms with Crippen molar-refractivity contribution in [2.45, 2.75) is 31.9 Å². The zero-order chi connectivity index (χ0) is 20.1. The van der Waals surface area contributed by atoms with E-state index in [4.69, 9.17) is 9.47 Å². The van der Waals surface area contributed by atoms with Gasteiger partial charge in [0.05, 0.1) is 6.10 Å². The van der Waals surface area contributed by atoms with Crippen LogP contribution in [0.2, 0.25) is 0 Å². The molecule has 0 spiro atoms. The average Bonchev–Trinajstić information content (AvgIpc) is 3.19. The molecule has 0 aliphatic carbocycles. The maximum Gasteiger partial charge on any atom is 0.409 e. The molecule has 9 nitrogen and oxygen atoms in total. The molecule has 154 valence electrons. The van der Waals surface area contributed by atoms with Crippen LogP contribution in [-0.4, -0.2) is 75.2 Å². The number of nitrogens with zero attached hydrogens (tertiary/aromatic N) is 2. The Bertz CT molecular complexity index is 768. The zero-order valence-electron chi connectivity index (χ0n) is 15.7. The summed E-state index contributed by atoms with van der Waals surface area (Å²) in [7, 11) is -2.74. The van der Waals surface area contributed by atoms with Crippen molar-refractivity contribution in [3.63, 3.8) is 0 Å². The van der Waals surface area contributed by atoms with Gasteiger partial charge in [-0.2, -0.15) is 0 Å². The Balaban J connectivity index is 1.52. The lowest BCUT2D eigenvalue weighted by atomic mass is 10.1. The van der Waals surface area contributed by atoms with Crippen molar-refractivity contribution < 1.29 is 27.5 Å². The Hall–Kier alpha value is -2.33. The average molecular weight is 411 g/mol. The van der Waals surface area contributed by atoms with E-state index < -0.39 is 10.9 Å². The van der Waals surface area contributed by atoms with E-state index in [0.717, 1.165) is 12.8 Å². The number of anilines is 1. The Labute approximate surface area is 165 Å². The van der Waals surface area contributed by atoms with E-state index in [-0.39, 0.29) is 30.8 Å². The van der Waals surface area contributed by atoms with E-state index in [9.17, 15) is 18.0 Å². The number of benzene rings is 1. The first kappa shape index (κ1) is 20.4. The number of piperazine rings is 1. The highest BCUT2D eigenvalue weighted by molar-refractivity contribution is 7.73. The maximum absolute atomic E-state index is 12.8. The Kier molecular flexibility index (Phi) is 6.74. The van der Waals surface area contributed by atoms with E-state index in [1.807, 2.05) is 6.92 Å². The summed E-state index contributed by atoms with van der Waals surface area (Å²) in [5.74, 6) is -0.155. The minimum absolute atomic E-state index is 0.0125. The van der Waals surface area contributed by atoms with Gasteiger partial charge in [0.25, 0.3) is 5.91 Å². The standard InChI is InChI=1S/C18H25N3O6S/c1-13-11-20(18(23)27-12-16-3-2-10-26-16)8-9-21(13)17(22)14-4-6-15(7-5-14)19-28(24)25/h4-7,13,16,28H,2-3,8-12H2,1H3,(H,19,24,25)/t13-,16?/m1/s1. The van der Waals surface area contributed by atoms with Crippen molar-refractivity contribution in [3.8, 4) is 0 Å². The molecule has 2 heterocycles. The van der Waals surface area contributed by atoms with E-state index in [0.29, 0.717) is 37.5 Å². The van der Waals surface area contributed by atoms with Gasteiger partial charge in [-0.05, 0) is 44.0 Å². The van der Waals surface area contributed by atoms with Crippen molar-refractivity contribution in [3.05, 3.63) is 29.8 Å². The second-order valence-corrected chi connectivity index (χ2v) is 7.69. The van der Waals surface area contributed by atoms with Crippen LogP contribution in [0.1, 0.15) is 30.1 Å². The van der Waals surface area contributed by atoms with Crippen LogP contribution >= 0.6 is 0 Å². The van der Waals surface area contributed by atoms with Gasteiger partial charge in [-0.15, -0.1) is 0 Å². The first-order chi connectivity index (χ1) is 13.4. The van der Waals surface area contributed by atoms with Crippen LogP contribution in [0.5, 0.6) is 0 Å². The van der Waals surface area contributed by atoms with Gasteiger partial charge in [-0.25, -0.2) is 13.2 Å². The number of hydrogen-bond acceptors (Lipinski definition) is 6. The van der Waals surface area contributed by atoms with Gasteiger partial charge < -0.3 is 19.3 Å². The first-order valence-corrected chi connectivity index (χ1v) is 10.5. The number of carbonyl (C=O) groups is 2. The maximum atomic E-state index is 12.8. The summed E-state index contributed by atoms with van der Waals surface area (Å²) in [5, 5.41) is 0. The molecule has 2 aliphatic rings. The predicted octanol–water partition coefficient (Wildman–Crippen LogP) is 1.09. The summed E-state index contributed by atoms with van der Waals surface area (Å²) < 4.78 is 34.4. The lowest BCUT2D eigenvalue weighted by Crippen LogP contribution is -2.55. The molecule has 2 atom stereocenters. The molecule has 0 radical (unpaired) electrons. The molecule has 2 amide bonds. The van der Waals surface area contributed by atoms with Crippen LogP contribution in [0.15, 0.2) is 24.3 Å². The quantitative estimate of drug-likeness (QED) is 0.703. The lowest BCUT2D eigenvalue weighted by Gasteiger charge is -2.39. The molecule has 2 aliphatic heterocycles. The van der Waals surface area contributed by atoms with Crippen LogP contribution in [0.4, 0.5) is 10.5 Å². The van der Waals surface area contributed by atoms with Gasteiger partial charge >= 0.3 is 6.09 Å². The number of rotatable bonds is 5. The third kappa shape index (κ3) is 5.14. The van der Waals surface area contributed by atoms with Gasteiger partial charge in [0, 0.05) is 43.5 Å². The highest BCUT2D eigenvalue weighted by atomic mass is 32.2. The molecule has 3 rings (SSSR count). The third-order valence-electron chi connectivity index (χ3n) is 4.92. The second kappa shape index (κ2) is 9.24. The van der Waals surface area contributed by atoms with E-state index >= 15 is 0 Å². The molecule has 0 bridgehead atoms. The van der Waals surface area contributed by atoms with E-state index in [1.54, 1.807) is 34.1 Å². The Morgan fingerprint density at radius 1 is 1.25 bits per heavy atom. The van der Waals surface area contributed by atoms with E-state index in [1.165, 1.54) is 0 Å². The van der Waals surface area contributed by atoms with Crippen LogP contribution in [-0.2, 0) is 20.4 Å². The highest BCUT2D eigenvalue weighted by Gasteiger charge is 2.31. The molecule has 1 aromatic carbocycles. The Morgan fingerprint density at radius 2 is 2.00 bits per heavy atom. The monoisotopic (exact) mass is 411 g/mol. The molecule has 0 aromatic heterocycles. The molecule has 2 fully saturated rings. The summed E-state index contributed by atoms with van der Waals surface area (Å²) in [6.07, 6.45) is 1.51. The highest BCUT2D eigenvalue weighted by Crippen LogP contribution is 2.18. The summed E-state index contributed by atoms with van der Waals surface area (Å²) in [6, 6.07) is 6.09. The van der Waals surface area contributed by atoms with Gasteiger partial charge in [0.1, 0.15) is 6.61 Å². The minimum Gasteiger partial charge on any atom is -0.447 e. The van der Waals surface area contributed by atoms with Crippen LogP contribution < -0.4 is 4.72 Å². The normalized spacial score (nSPS) is 22.4. The van der Waals surface area contributed by atoms with E-state index in [2.05, 4.69) is 4.72 Å². The fourth-order valence-corrected chi connectivity index (χ4v) is 3.77. The predicted molar refractivity (Wildman–Crippen MR) is 103 cm³/mol. The van der Waals surface area contributed by atoms with Crippen molar-refractivity contribution >= 4 is 28.6 Å². The van der Waals surface area contributed by atoms with Gasteiger partial charge in [0.15, 0.2) is 0 Å². The topological polar surface area (TPSA) is 105 Å². The number of thiol groups is 1. The SMILES string of the molecule is C[C@@H]1CN(C(=O)OCC2CCCO2)CCN1C(=O)c1ccc(N[SH](=O)=O)cc1. The van der Waals surface area contributed by atoms with Crippen molar-refractivity contribution in [1.29, 1.82) is 0 Å². The molecule has 28 heavy (non-hydrogen) atoms. The van der Waals surface area contributed by atoms with Crippen molar-refractivity contribution in [2.24, 2.45) is 0 Å². The summed E-state index contributed by atoms with van der Waals surface area (Å²) in [5.41, 5.74) is 0.868. The summed E-state index contributed by atoms with van der Waals surface area (Å²) in [4.78, 5) is 28.3. The zero-order valence-corrected chi connectivity index (χ0v) is 16.6. The third-order valence-corrected chi connectivity index (χ3v) is 5.36. The molecule has 1 N–H and O–H groups in total. The van der Waals surface area contributed by atoms with Gasteiger partial charge in [-0.1, -0.05) is 0 Å². The van der Waals surface area contributed by atoms with Gasteiger partial charge in [0.2, 0.25) is 10.9 Å². The molecule has 10 heteroatoms. The fraction of sp³-hybridized carbons (Fsp3) is 0.556. The Morgan fingerprint density at radius 3 is 2.61 bits per heavy atom. The lowest BCUT2D eigenvalue weighted by molar-refractivity contribution is 0.0160. The second-order valence-electron chi connectivity index (χ2n) is 6.95. The number of hydrogen-bond donors (Lipinski definition) is 2.